The lowest BCUT2D eigenvalue weighted by molar-refractivity contribution is -0.123. The number of hydrogen-bond donors (Lipinski definition) is 1. The maximum atomic E-state index is 14.3. The molecule has 37 heavy (non-hydrogen) atoms. The van der Waals surface area contributed by atoms with E-state index in [1.54, 1.807) is 22.8 Å². The van der Waals surface area contributed by atoms with Gasteiger partial charge in [-0.15, -0.1) is 0 Å². The summed E-state index contributed by atoms with van der Waals surface area (Å²) in [6.45, 7) is 4.10. The molecular weight excluding hydrogens is 532 g/mol. The van der Waals surface area contributed by atoms with E-state index < -0.39 is 17.4 Å². The Hall–Kier alpha value is -3.62. The van der Waals surface area contributed by atoms with Crippen molar-refractivity contribution >= 4 is 44.3 Å². The molecule has 0 aliphatic carbocycles. The summed E-state index contributed by atoms with van der Waals surface area (Å²) in [4.78, 5) is 48.5. The standard InChI is InChI=1S/C29H23BrN4O3/c1-15(2)24-22-23(27(37)33(26(22)36)17-13-11-16(30)12-14-17)29(32-24)19-8-4-6-10-21(19)34-25(35)18-7-3-5-9-20(18)31-28(29)34/h3-15,22-24,32H,1-2H3. The molecule has 1 spiro atoms. The molecule has 2 saturated heterocycles. The van der Waals surface area contributed by atoms with E-state index in [9.17, 15) is 14.4 Å². The van der Waals surface area contributed by atoms with Crippen LogP contribution in [-0.4, -0.2) is 27.4 Å². The fourth-order valence-corrected chi connectivity index (χ4v) is 6.83. The Labute approximate surface area is 221 Å². The van der Waals surface area contributed by atoms with Crippen molar-refractivity contribution in [2.45, 2.75) is 25.4 Å². The molecule has 1 N–H and O–H groups in total. The third-order valence-electron chi connectivity index (χ3n) is 8.10. The van der Waals surface area contributed by atoms with Crippen LogP contribution in [-0.2, 0) is 15.1 Å². The zero-order chi connectivity index (χ0) is 25.6. The largest absolute Gasteiger partial charge is 0.296 e. The zero-order valence-electron chi connectivity index (χ0n) is 20.2. The number of hydrogen-bond acceptors (Lipinski definition) is 5. The van der Waals surface area contributed by atoms with Gasteiger partial charge in [-0.1, -0.05) is 60.1 Å². The average Bonchev–Trinajstić information content (AvgIpc) is 3.49. The van der Waals surface area contributed by atoms with Crippen LogP contribution in [0.3, 0.4) is 0 Å². The molecule has 2 fully saturated rings. The van der Waals surface area contributed by atoms with Gasteiger partial charge in [-0.05, 0) is 48.4 Å². The van der Waals surface area contributed by atoms with Crippen LogP contribution < -0.4 is 15.8 Å². The quantitative estimate of drug-likeness (QED) is 0.376. The first-order valence-electron chi connectivity index (χ1n) is 12.4. The maximum absolute atomic E-state index is 14.3. The molecule has 7 nitrogen and oxygen atoms in total. The van der Waals surface area contributed by atoms with E-state index >= 15 is 0 Å². The van der Waals surface area contributed by atoms with E-state index in [0.717, 1.165) is 10.0 Å². The number of imide groups is 1. The number of nitrogens with zero attached hydrogens (tertiary/aromatic N) is 3. The summed E-state index contributed by atoms with van der Waals surface area (Å²) in [7, 11) is 0. The first kappa shape index (κ1) is 22.6. The Kier molecular flexibility index (Phi) is 4.69. The minimum absolute atomic E-state index is 0.0573. The molecule has 8 heteroatoms. The molecular formula is C29H23BrN4O3. The van der Waals surface area contributed by atoms with Crippen molar-refractivity contribution in [3.05, 3.63) is 99.0 Å². The fourth-order valence-electron chi connectivity index (χ4n) is 6.57. The lowest BCUT2D eigenvalue weighted by atomic mass is 9.75. The van der Waals surface area contributed by atoms with Gasteiger partial charge in [0, 0.05) is 16.1 Å². The van der Waals surface area contributed by atoms with Crippen LogP contribution in [0.2, 0.25) is 0 Å². The summed E-state index contributed by atoms with van der Waals surface area (Å²) in [6.07, 6.45) is 0. The molecule has 0 saturated carbocycles. The SMILES string of the molecule is CC(C)C1NC2(c3ccccc3-n3c2nc2ccccc2c3=O)C2C(=O)N(c3ccc(Br)cc3)C(=O)C12. The maximum Gasteiger partial charge on any atom is 0.266 e. The van der Waals surface area contributed by atoms with Gasteiger partial charge >= 0.3 is 0 Å². The number of rotatable bonds is 2. The second-order valence-corrected chi connectivity index (χ2v) is 11.2. The Morgan fingerprint density at radius 2 is 1.62 bits per heavy atom. The van der Waals surface area contributed by atoms with Gasteiger partial charge in [0.15, 0.2) is 0 Å². The second-order valence-electron chi connectivity index (χ2n) is 10.3. The van der Waals surface area contributed by atoms with Gasteiger partial charge in [-0.25, -0.2) is 9.88 Å². The summed E-state index contributed by atoms with van der Waals surface area (Å²) >= 11 is 3.43. The number of carbonyl (C=O) groups is 2. The molecule has 184 valence electrons. The molecule has 0 bridgehead atoms. The van der Waals surface area contributed by atoms with E-state index in [0.29, 0.717) is 28.1 Å². The highest BCUT2D eigenvalue weighted by atomic mass is 79.9. The van der Waals surface area contributed by atoms with Gasteiger partial charge in [0.2, 0.25) is 11.8 Å². The predicted octanol–water partition coefficient (Wildman–Crippen LogP) is 4.14. The Morgan fingerprint density at radius 3 is 2.38 bits per heavy atom. The number of benzene rings is 3. The van der Waals surface area contributed by atoms with Gasteiger partial charge in [0.1, 0.15) is 11.4 Å². The van der Waals surface area contributed by atoms with Crippen molar-refractivity contribution in [3.63, 3.8) is 0 Å². The lowest BCUT2D eigenvalue weighted by Crippen LogP contribution is -2.51. The van der Waals surface area contributed by atoms with Crippen LogP contribution in [0, 0.1) is 17.8 Å². The van der Waals surface area contributed by atoms with E-state index in [4.69, 9.17) is 4.98 Å². The summed E-state index contributed by atoms with van der Waals surface area (Å²) in [5, 5.41) is 4.23. The molecule has 3 aromatic carbocycles. The Morgan fingerprint density at radius 1 is 0.919 bits per heavy atom. The van der Waals surface area contributed by atoms with Crippen molar-refractivity contribution in [1.82, 2.24) is 14.9 Å². The number of amides is 2. The van der Waals surface area contributed by atoms with Crippen molar-refractivity contribution in [1.29, 1.82) is 0 Å². The number of aromatic nitrogens is 2. The molecule has 1 aromatic heterocycles. The number of halogens is 1. The fraction of sp³-hybridized carbons (Fsp3) is 0.241. The average molecular weight is 555 g/mol. The van der Waals surface area contributed by atoms with Crippen LogP contribution in [0.25, 0.3) is 16.6 Å². The topological polar surface area (TPSA) is 84.3 Å². The number of fused-ring (bicyclic) bond motifs is 8. The number of carbonyl (C=O) groups excluding carboxylic acids is 2. The highest BCUT2D eigenvalue weighted by Crippen LogP contribution is 2.56. The van der Waals surface area contributed by atoms with Crippen molar-refractivity contribution in [2.75, 3.05) is 4.90 Å². The highest BCUT2D eigenvalue weighted by Gasteiger charge is 2.70. The second kappa shape index (κ2) is 7.69. The van der Waals surface area contributed by atoms with Crippen molar-refractivity contribution < 1.29 is 9.59 Å². The third kappa shape index (κ3) is 2.80. The monoisotopic (exact) mass is 554 g/mol. The molecule has 2 amide bonds. The number of anilines is 1. The summed E-state index contributed by atoms with van der Waals surface area (Å²) in [6, 6.07) is 21.8. The first-order chi connectivity index (χ1) is 17.8. The predicted molar refractivity (Wildman–Crippen MR) is 143 cm³/mol. The van der Waals surface area contributed by atoms with Crippen LogP contribution in [0.15, 0.2) is 82.1 Å². The van der Waals surface area contributed by atoms with Crippen LogP contribution in [0.1, 0.15) is 25.2 Å². The summed E-state index contributed by atoms with van der Waals surface area (Å²) in [5.41, 5.74) is 1.30. The highest BCUT2D eigenvalue weighted by molar-refractivity contribution is 9.10. The molecule has 4 heterocycles. The lowest BCUT2D eigenvalue weighted by Gasteiger charge is -2.32. The van der Waals surface area contributed by atoms with E-state index in [2.05, 4.69) is 35.1 Å². The molecule has 3 aliphatic heterocycles. The van der Waals surface area contributed by atoms with Gasteiger partial charge < -0.3 is 0 Å². The normalized spacial score (nSPS) is 25.8. The van der Waals surface area contributed by atoms with Crippen LogP contribution in [0.4, 0.5) is 5.69 Å². The molecule has 3 aliphatic rings. The van der Waals surface area contributed by atoms with Gasteiger partial charge in [0.25, 0.3) is 5.56 Å². The molecule has 4 aromatic rings. The van der Waals surface area contributed by atoms with Gasteiger partial charge in [-0.2, -0.15) is 0 Å². The first-order valence-corrected chi connectivity index (χ1v) is 13.2. The van der Waals surface area contributed by atoms with Crippen LogP contribution in [0.5, 0.6) is 0 Å². The third-order valence-corrected chi connectivity index (χ3v) is 8.63. The molecule has 4 atom stereocenters. The summed E-state index contributed by atoms with van der Waals surface area (Å²) < 4.78 is 2.49. The number of para-hydroxylation sites is 2. The minimum atomic E-state index is -1.11. The summed E-state index contributed by atoms with van der Waals surface area (Å²) in [5.74, 6) is -1.33. The number of nitrogens with one attached hydrogen (secondary N) is 1. The van der Waals surface area contributed by atoms with E-state index in [1.165, 1.54) is 4.90 Å². The zero-order valence-corrected chi connectivity index (χ0v) is 21.8. The van der Waals surface area contributed by atoms with Crippen molar-refractivity contribution in [3.8, 4) is 5.69 Å². The smallest absolute Gasteiger partial charge is 0.266 e. The van der Waals surface area contributed by atoms with Crippen LogP contribution >= 0.6 is 15.9 Å². The van der Waals surface area contributed by atoms with Crippen molar-refractivity contribution in [2.24, 2.45) is 17.8 Å². The molecule has 7 rings (SSSR count). The van der Waals surface area contributed by atoms with Gasteiger partial charge in [-0.3, -0.25) is 24.3 Å². The Bertz CT molecular complexity index is 1700. The van der Waals surface area contributed by atoms with E-state index in [1.807, 2.05) is 54.6 Å². The molecule has 4 unspecified atom stereocenters. The molecule has 0 radical (unpaired) electrons. The van der Waals surface area contributed by atoms with Gasteiger partial charge in [0.05, 0.1) is 34.1 Å². The van der Waals surface area contributed by atoms with E-state index in [-0.39, 0.29) is 29.3 Å². The minimum Gasteiger partial charge on any atom is -0.296 e. The Balaban J connectivity index is 1.53.